The molecule has 2 N–H and O–H groups in total. The quantitative estimate of drug-likeness (QED) is 0.871. The summed E-state index contributed by atoms with van der Waals surface area (Å²) >= 11 is 0. The van der Waals surface area contributed by atoms with E-state index in [9.17, 15) is 4.79 Å². The van der Waals surface area contributed by atoms with E-state index in [1.807, 2.05) is 0 Å². The molecule has 2 rings (SSSR count). The number of nitrogens with one attached hydrogen (secondary N) is 2. The molecule has 0 saturated carbocycles. The van der Waals surface area contributed by atoms with Crippen LogP contribution in [-0.4, -0.2) is 13.0 Å². The van der Waals surface area contributed by atoms with Gasteiger partial charge in [0.2, 0.25) is 0 Å². The Bertz CT molecular complexity index is 495. The largest absolute Gasteiger partial charge is 0.497 e. The summed E-state index contributed by atoms with van der Waals surface area (Å²) in [5.74, 6) is 0.626. The summed E-state index contributed by atoms with van der Waals surface area (Å²) in [6.45, 7) is 0. The standard InChI is InChI=1S/C13H12N2O2/c1-17-12-4-2-11(3-5-12)15-13(16)10-6-8-14-9-7-10/h2-9H,1H3,(H,15,16)/p+1. The van der Waals surface area contributed by atoms with Gasteiger partial charge < -0.3 is 10.1 Å². The monoisotopic (exact) mass is 229 g/mol. The van der Waals surface area contributed by atoms with Crippen LogP contribution in [0, 0.1) is 0 Å². The molecule has 0 fully saturated rings. The van der Waals surface area contributed by atoms with Gasteiger partial charge in [-0.2, -0.15) is 0 Å². The number of rotatable bonds is 3. The van der Waals surface area contributed by atoms with Crippen molar-refractivity contribution >= 4 is 11.6 Å². The number of benzene rings is 1. The van der Waals surface area contributed by atoms with Crippen molar-refractivity contribution in [3.8, 4) is 5.75 Å². The van der Waals surface area contributed by atoms with Gasteiger partial charge in [-0.1, -0.05) is 0 Å². The van der Waals surface area contributed by atoms with E-state index in [2.05, 4.69) is 10.3 Å². The SMILES string of the molecule is COc1ccc(NC(=O)c2cc[nH+]cc2)cc1. The number of amides is 1. The van der Waals surface area contributed by atoms with E-state index in [0.29, 0.717) is 5.56 Å². The smallest absolute Gasteiger partial charge is 0.256 e. The first-order valence-corrected chi connectivity index (χ1v) is 5.21. The number of hydrogen-bond donors (Lipinski definition) is 1. The second kappa shape index (κ2) is 5.12. The van der Waals surface area contributed by atoms with Gasteiger partial charge in [-0.3, -0.25) is 4.79 Å². The van der Waals surface area contributed by atoms with Crippen LogP contribution >= 0.6 is 0 Å². The second-order valence-corrected chi connectivity index (χ2v) is 3.47. The van der Waals surface area contributed by atoms with Crippen molar-refractivity contribution in [2.45, 2.75) is 0 Å². The first-order chi connectivity index (χ1) is 8.29. The third-order valence-electron chi connectivity index (χ3n) is 2.33. The number of carbonyl (C=O) groups excluding carboxylic acids is 1. The Balaban J connectivity index is 2.08. The number of carbonyl (C=O) groups is 1. The minimum Gasteiger partial charge on any atom is -0.497 e. The first-order valence-electron chi connectivity index (χ1n) is 5.21. The fourth-order valence-corrected chi connectivity index (χ4v) is 1.42. The van der Waals surface area contributed by atoms with Crippen molar-refractivity contribution < 1.29 is 14.5 Å². The Morgan fingerprint density at radius 1 is 1.12 bits per heavy atom. The molecule has 17 heavy (non-hydrogen) atoms. The number of hydrogen-bond acceptors (Lipinski definition) is 2. The summed E-state index contributed by atoms with van der Waals surface area (Å²) in [6.07, 6.45) is 3.42. The van der Waals surface area contributed by atoms with Crippen molar-refractivity contribution in [2.75, 3.05) is 12.4 Å². The summed E-state index contributed by atoms with van der Waals surface area (Å²) in [7, 11) is 1.61. The molecule has 0 aliphatic heterocycles. The van der Waals surface area contributed by atoms with Gasteiger partial charge in [-0.25, -0.2) is 4.98 Å². The van der Waals surface area contributed by atoms with Crippen LogP contribution < -0.4 is 15.0 Å². The molecule has 0 spiro atoms. The van der Waals surface area contributed by atoms with E-state index in [-0.39, 0.29) is 5.91 Å². The molecular formula is C13H13N2O2+. The minimum atomic E-state index is -0.135. The lowest BCUT2D eigenvalue weighted by molar-refractivity contribution is -0.378. The van der Waals surface area contributed by atoms with E-state index in [1.165, 1.54) is 0 Å². The summed E-state index contributed by atoms with van der Waals surface area (Å²) in [4.78, 5) is 14.7. The third-order valence-corrected chi connectivity index (χ3v) is 2.33. The number of anilines is 1. The third kappa shape index (κ3) is 2.81. The average Bonchev–Trinajstić information content (AvgIpc) is 2.40. The zero-order valence-electron chi connectivity index (χ0n) is 9.44. The average molecular weight is 229 g/mol. The highest BCUT2D eigenvalue weighted by Crippen LogP contribution is 2.15. The van der Waals surface area contributed by atoms with Gasteiger partial charge in [0, 0.05) is 17.8 Å². The molecule has 4 nitrogen and oxygen atoms in total. The van der Waals surface area contributed by atoms with Crippen LogP contribution in [0.15, 0.2) is 48.8 Å². The van der Waals surface area contributed by atoms with Gasteiger partial charge >= 0.3 is 0 Å². The Labute approximate surface area is 99.3 Å². The summed E-state index contributed by atoms with van der Waals surface area (Å²) in [5, 5.41) is 2.80. The molecule has 0 aliphatic carbocycles. The highest BCUT2D eigenvalue weighted by atomic mass is 16.5. The number of H-pyrrole nitrogens is 1. The van der Waals surface area contributed by atoms with Crippen LogP contribution in [0.3, 0.4) is 0 Å². The zero-order chi connectivity index (χ0) is 12.1. The molecule has 0 radical (unpaired) electrons. The minimum absolute atomic E-state index is 0.135. The van der Waals surface area contributed by atoms with Crippen LogP contribution in [0.2, 0.25) is 0 Å². The lowest BCUT2D eigenvalue weighted by atomic mass is 10.2. The molecule has 1 aromatic carbocycles. The molecule has 0 atom stereocenters. The molecule has 1 aromatic heterocycles. The number of aromatic amines is 1. The normalized spacial score (nSPS) is 9.71. The van der Waals surface area contributed by atoms with Crippen LogP contribution in [0.5, 0.6) is 5.75 Å². The van der Waals surface area contributed by atoms with E-state index in [4.69, 9.17) is 4.74 Å². The number of aromatic nitrogens is 1. The summed E-state index contributed by atoms with van der Waals surface area (Å²) in [5.41, 5.74) is 1.35. The predicted molar refractivity (Wildman–Crippen MR) is 63.9 cm³/mol. The number of ether oxygens (including phenoxy) is 1. The van der Waals surface area contributed by atoms with Gasteiger partial charge in [0.05, 0.1) is 12.7 Å². The van der Waals surface area contributed by atoms with Gasteiger partial charge in [-0.05, 0) is 24.3 Å². The highest BCUT2D eigenvalue weighted by Gasteiger charge is 2.06. The molecule has 1 heterocycles. The molecule has 0 saturated heterocycles. The summed E-state index contributed by atoms with van der Waals surface area (Å²) in [6, 6.07) is 10.6. The predicted octanol–water partition coefficient (Wildman–Crippen LogP) is 1.76. The topological polar surface area (TPSA) is 52.5 Å². The Morgan fingerprint density at radius 2 is 1.76 bits per heavy atom. The van der Waals surface area contributed by atoms with E-state index < -0.39 is 0 Å². The van der Waals surface area contributed by atoms with Crippen molar-refractivity contribution in [1.29, 1.82) is 0 Å². The molecule has 2 aromatic rings. The fraction of sp³-hybridized carbons (Fsp3) is 0.0769. The lowest BCUT2D eigenvalue weighted by Crippen LogP contribution is -2.13. The van der Waals surface area contributed by atoms with Gasteiger partial charge in [0.25, 0.3) is 5.91 Å². The second-order valence-electron chi connectivity index (χ2n) is 3.47. The Morgan fingerprint density at radius 3 is 2.35 bits per heavy atom. The van der Waals surface area contributed by atoms with Crippen molar-refractivity contribution in [1.82, 2.24) is 0 Å². The molecule has 4 heteroatoms. The molecule has 86 valence electrons. The van der Waals surface area contributed by atoms with Crippen LogP contribution in [0.1, 0.15) is 10.4 Å². The number of pyridine rings is 1. The van der Waals surface area contributed by atoms with Crippen LogP contribution in [0.25, 0.3) is 0 Å². The Kier molecular flexibility index (Phi) is 3.35. The maximum atomic E-state index is 11.8. The summed E-state index contributed by atoms with van der Waals surface area (Å²) < 4.78 is 5.04. The molecule has 0 aliphatic rings. The lowest BCUT2D eigenvalue weighted by Gasteiger charge is -2.05. The van der Waals surface area contributed by atoms with Crippen LogP contribution in [0.4, 0.5) is 5.69 Å². The number of methoxy groups -OCH3 is 1. The first kappa shape index (κ1) is 11.1. The van der Waals surface area contributed by atoms with E-state index >= 15 is 0 Å². The van der Waals surface area contributed by atoms with Crippen molar-refractivity contribution in [2.24, 2.45) is 0 Å². The zero-order valence-corrected chi connectivity index (χ0v) is 9.44. The Hall–Kier alpha value is -2.36. The van der Waals surface area contributed by atoms with E-state index in [0.717, 1.165) is 11.4 Å². The maximum absolute atomic E-state index is 11.8. The van der Waals surface area contributed by atoms with Crippen molar-refractivity contribution in [3.63, 3.8) is 0 Å². The van der Waals surface area contributed by atoms with Crippen molar-refractivity contribution in [3.05, 3.63) is 54.4 Å². The highest BCUT2D eigenvalue weighted by molar-refractivity contribution is 6.04. The van der Waals surface area contributed by atoms with Crippen LogP contribution in [-0.2, 0) is 0 Å². The van der Waals surface area contributed by atoms with Gasteiger partial charge in [0.15, 0.2) is 12.4 Å². The fourth-order valence-electron chi connectivity index (χ4n) is 1.42. The van der Waals surface area contributed by atoms with E-state index in [1.54, 1.807) is 55.9 Å². The molecule has 1 amide bonds. The molecular weight excluding hydrogens is 216 g/mol. The molecule has 0 unspecified atom stereocenters. The molecule has 0 bridgehead atoms. The maximum Gasteiger partial charge on any atom is 0.256 e. The van der Waals surface area contributed by atoms with Gasteiger partial charge in [0.1, 0.15) is 5.75 Å². The van der Waals surface area contributed by atoms with Gasteiger partial charge in [-0.15, -0.1) is 0 Å².